The van der Waals surface area contributed by atoms with E-state index < -0.39 is 15.6 Å². The second kappa shape index (κ2) is 6.80. The zero-order chi connectivity index (χ0) is 9.00. The second-order valence-corrected chi connectivity index (χ2v) is 2.88. The van der Waals surface area contributed by atoms with E-state index in [2.05, 4.69) is 0 Å². The normalized spacial score (nSPS) is 10.7. The van der Waals surface area contributed by atoms with Crippen LogP contribution in [0.4, 0.5) is 0 Å². The van der Waals surface area contributed by atoms with Crippen molar-refractivity contribution in [1.82, 2.24) is 0 Å². The Bertz CT molecular complexity index is 124. The Kier molecular flexibility index (Phi) is 11.2. The minimum absolute atomic E-state index is 0. The first kappa shape index (κ1) is 18.2. The molecule has 0 heterocycles. The van der Waals surface area contributed by atoms with E-state index in [0.29, 0.717) is 0 Å². The molecule has 0 aromatic rings. The largest absolute Gasteiger partial charge is 3.00 e. The number of hydrogen-bond donors (Lipinski definition) is 3. The van der Waals surface area contributed by atoms with Crippen LogP contribution in [-0.2, 0) is 41.8 Å². The van der Waals surface area contributed by atoms with Gasteiger partial charge in [-0.15, -0.1) is 0 Å². The van der Waals surface area contributed by atoms with Crippen molar-refractivity contribution >= 4 is 15.6 Å². The van der Waals surface area contributed by atoms with Gasteiger partial charge in [-0.1, -0.05) is 0 Å². The molecule has 3 N–H and O–H groups in total. The first-order chi connectivity index (χ1) is 4.00. The fourth-order valence-corrected chi connectivity index (χ4v) is 0. The molecule has 11 heteroatoms. The number of phosphoric acid groups is 2. The Hall–Kier alpha value is 1.32. The number of hydrogen-bond acceptors (Lipinski definition) is 5. The Morgan fingerprint density at radius 2 is 0.909 bits per heavy atom. The summed E-state index contributed by atoms with van der Waals surface area (Å²) in [5.41, 5.74) is 0. The van der Waals surface area contributed by atoms with Crippen LogP contribution in [0, 0.1) is 0 Å². The first-order valence-electron chi connectivity index (χ1n) is 1.51. The molecule has 0 aromatic carbocycles. The Morgan fingerprint density at radius 3 is 0.909 bits per heavy atom. The fourth-order valence-electron chi connectivity index (χ4n) is 0. The first-order valence-corrected chi connectivity index (χ1v) is 4.54. The van der Waals surface area contributed by atoms with E-state index in [1.54, 1.807) is 0 Å². The van der Waals surface area contributed by atoms with Crippen LogP contribution in [0.5, 0.6) is 0 Å². The molecule has 8 nitrogen and oxygen atoms in total. The van der Waals surface area contributed by atoms with Gasteiger partial charge in [-0.3, -0.25) is 0 Å². The third kappa shape index (κ3) is 562. The summed E-state index contributed by atoms with van der Waals surface area (Å²) < 4.78 is 17.4. The smallest absolute Gasteiger partial charge is 0.822 e. The average molecular weight is 282 g/mol. The van der Waals surface area contributed by atoms with Crippen LogP contribution in [0.2, 0.25) is 0 Å². The zero-order valence-corrected chi connectivity index (χ0v) is 9.48. The minimum atomic E-state index is -5.39. The van der Waals surface area contributed by atoms with E-state index in [9.17, 15) is 0 Å². The third-order valence-corrected chi connectivity index (χ3v) is 0. The van der Waals surface area contributed by atoms with Gasteiger partial charge >= 0.3 is 40.5 Å². The van der Waals surface area contributed by atoms with Crippen molar-refractivity contribution in [1.29, 1.82) is 0 Å². The topological polar surface area (TPSA) is 164 Å². The van der Waals surface area contributed by atoms with Crippen molar-refractivity contribution < 1.29 is 71.2 Å². The van der Waals surface area contributed by atoms with Crippen molar-refractivity contribution in [2.24, 2.45) is 0 Å². The molecule has 0 fully saturated rings. The van der Waals surface area contributed by atoms with Crippen molar-refractivity contribution in [3.63, 3.8) is 0 Å². The summed E-state index contributed by atoms with van der Waals surface area (Å²) in [6.07, 6.45) is 0. The average Bonchev–Trinajstić information content (AvgIpc) is 1.12. The number of rotatable bonds is 0. The Morgan fingerprint density at radius 1 is 0.909 bits per heavy atom. The van der Waals surface area contributed by atoms with Gasteiger partial charge < -0.3 is 33.9 Å². The summed E-state index contributed by atoms with van der Waals surface area (Å²) in [4.78, 5) is 47.2. The van der Waals surface area contributed by atoms with E-state index in [-0.39, 0.29) is 32.7 Å². The predicted molar refractivity (Wildman–Crippen MR) is 21.9 cm³/mol. The molecule has 0 aliphatic carbocycles. The second-order valence-electron chi connectivity index (χ2n) is 0.960. The van der Waals surface area contributed by atoms with Crippen LogP contribution < -0.4 is 14.7 Å². The van der Waals surface area contributed by atoms with Crippen LogP contribution in [0.1, 0.15) is 0 Å². The van der Waals surface area contributed by atoms with E-state index in [1.807, 2.05) is 0 Å². The minimum Gasteiger partial charge on any atom is -0.822 e. The standard InChI is InChI=1S/2H3O4P.Y/c2*1-5(2,3)4;/h2*(H3,1,2,3,4);/q;;+3/p-3. The van der Waals surface area contributed by atoms with E-state index >= 15 is 0 Å². The summed E-state index contributed by atoms with van der Waals surface area (Å²) in [5, 5.41) is 0. The predicted octanol–water partition coefficient (Wildman–Crippen LogP) is -3.76. The molecule has 0 aliphatic heterocycles. The molecule has 0 aromatic heterocycles. The molecule has 0 saturated carbocycles. The van der Waals surface area contributed by atoms with Gasteiger partial charge in [0.25, 0.3) is 0 Å². The third-order valence-electron chi connectivity index (χ3n) is 0. The molecule has 64 valence electrons. The van der Waals surface area contributed by atoms with Crippen molar-refractivity contribution in [2.75, 3.05) is 0 Å². The molecular weight excluding hydrogens is 279 g/mol. The monoisotopic (exact) mass is 282 g/mol. The summed E-state index contributed by atoms with van der Waals surface area (Å²) in [7, 11) is -10.0. The molecule has 0 atom stereocenters. The van der Waals surface area contributed by atoms with Gasteiger partial charge in [-0.2, -0.15) is 7.82 Å². The summed E-state index contributed by atoms with van der Waals surface area (Å²) in [5.74, 6) is 0. The quantitative estimate of drug-likeness (QED) is 0.381. The van der Waals surface area contributed by atoms with Crippen molar-refractivity contribution in [3.05, 3.63) is 0 Å². The molecule has 0 saturated heterocycles. The van der Waals surface area contributed by atoms with Crippen LogP contribution >= 0.6 is 15.6 Å². The zero-order valence-electron chi connectivity index (χ0n) is 4.85. The van der Waals surface area contributed by atoms with Gasteiger partial charge in [-0.25, -0.2) is 4.57 Å². The molecule has 0 bridgehead atoms. The molecule has 0 spiro atoms. The SMILES string of the molecule is O=P(O)(O)O.O=P([O-])([O-])[O-].[Y+3]. The van der Waals surface area contributed by atoms with Crippen LogP contribution in [0.25, 0.3) is 0 Å². The molecule has 0 aliphatic rings. The van der Waals surface area contributed by atoms with Gasteiger partial charge in [0.2, 0.25) is 0 Å². The molecular formula is H3O8P2Y. The van der Waals surface area contributed by atoms with E-state index in [4.69, 9.17) is 38.5 Å². The molecule has 0 unspecified atom stereocenters. The molecule has 0 rings (SSSR count). The van der Waals surface area contributed by atoms with E-state index in [1.165, 1.54) is 0 Å². The van der Waals surface area contributed by atoms with Crippen molar-refractivity contribution in [2.45, 2.75) is 0 Å². The van der Waals surface area contributed by atoms with Gasteiger partial charge in [0.15, 0.2) is 0 Å². The van der Waals surface area contributed by atoms with Crippen LogP contribution in [0.3, 0.4) is 0 Å². The Balaban J connectivity index is -0.000000107. The molecule has 0 radical (unpaired) electrons. The van der Waals surface area contributed by atoms with Gasteiger partial charge in [0, 0.05) is 0 Å². The Labute approximate surface area is 86.6 Å². The van der Waals surface area contributed by atoms with Crippen molar-refractivity contribution in [3.8, 4) is 0 Å². The summed E-state index contributed by atoms with van der Waals surface area (Å²) in [6.45, 7) is 0. The van der Waals surface area contributed by atoms with Gasteiger partial charge in [0.05, 0.1) is 0 Å². The van der Waals surface area contributed by atoms with Gasteiger partial charge in [-0.05, 0) is 0 Å². The summed E-state index contributed by atoms with van der Waals surface area (Å²) in [6, 6.07) is 0. The van der Waals surface area contributed by atoms with Crippen LogP contribution in [0.15, 0.2) is 0 Å². The fraction of sp³-hybridized carbons (Fsp3) is 0. The maximum atomic E-state index is 8.88. The van der Waals surface area contributed by atoms with E-state index in [0.717, 1.165) is 0 Å². The van der Waals surface area contributed by atoms with Gasteiger partial charge in [0.1, 0.15) is 0 Å². The molecule has 11 heavy (non-hydrogen) atoms. The maximum absolute atomic E-state index is 8.88. The summed E-state index contributed by atoms with van der Waals surface area (Å²) >= 11 is 0. The van der Waals surface area contributed by atoms with Crippen LogP contribution in [-0.4, -0.2) is 14.7 Å². The maximum Gasteiger partial charge on any atom is 3.00 e. The molecule has 0 amide bonds.